The van der Waals surface area contributed by atoms with Crippen molar-refractivity contribution < 1.29 is 9.47 Å². The van der Waals surface area contributed by atoms with Crippen LogP contribution in [-0.2, 0) is 0 Å². The summed E-state index contributed by atoms with van der Waals surface area (Å²) in [4.78, 5) is 8.38. The minimum absolute atomic E-state index is 0.439. The van der Waals surface area contributed by atoms with Crippen molar-refractivity contribution >= 4 is 11.4 Å². The maximum atomic E-state index is 6.03. The Morgan fingerprint density at radius 3 is 1.89 bits per heavy atom. The van der Waals surface area contributed by atoms with Gasteiger partial charge in [0.2, 0.25) is 11.8 Å². The van der Waals surface area contributed by atoms with Crippen LogP contribution in [0.5, 0.6) is 23.3 Å². The fourth-order valence-corrected chi connectivity index (χ4v) is 2.64. The summed E-state index contributed by atoms with van der Waals surface area (Å²) >= 11 is 0. The second kappa shape index (κ2) is 7.67. The Kier molecular flexibility index (Phi) is 4.76. The second-order valence-corrected chi connectivity index (χ2v) is 6.09. The minimum Gasteiger partial charge on any atom is -0.439 e. The average Bonchev–Trinajstić information content (AvgIpc) is 2.72. The van der Waals surface area contributed by atoms with Gasteiger partial charge in [-0.3, -0.25) is 0 Å². The van der Waals surface area contributed by atoms with Gasteiger partial charge in [-0.05, 0) is 29.8 Å². The molecule has 0 bridgehead atoms. The van der Waals surface area contributed by atoms with Gasteiger partial charge in [0.05, 0.1) is 23.8 Å². The van der Waals surface area contributed by atoms with Gasteiger partial charge in [-0.15, -0.1) is 0 Å². The van der Waals surface area contributed by atoms with E-state index in [0.29, 0.717) is 34.6 Å². The lowest BCUT2D eigenvalue weighted by atomic mass is 10.0. The number of nitrogen functional groups attached to an aromatic ring is 2. The largest absolute Gasteiger partial charge is 0.439 e. The Balaban J connectivity index is 1.70. The van der Waals surface area contributed by atoms with E-state index in [4.69, 9.17) is 20.9 Å². The Hall–Kier alpha value is -4.06. The zero-order chi connectivity index (χ0) is 19.3. The molecular formula is C22H18N4O2. The zero-order valence-corrected chi connectivity index (χ0v) is 14.9. The summed E-state index contributed by atoms with van der Waals surface area (Å²) in [6.45, 7) is 0. The number of ether oxygens (including phenoxy) is 2. The Labute approximate surface area is 162 Å². The van der Waals surface area contributed by atoms with Crippen LogP contribution in [0.25, 0.3) is 11.1 Å². The molecule has 0 unspecified atom stereocenters. The van der Waals surface area contributed by atoms with Crippen LogP contribution in [-0.4, -0.2) is 9.97 Å². The first kappa shape index (κ1) is 17.4. The van der Waals surface area contributed by atoms with E-state index in [1.165, 1.54) is 0 Å². The first-order valence-electron chi connectivity index (χ1n) is 8.65. The topological polar surface area (TPSA) is 96.3 Å². The molecule has 28 heavy (non-hydrogen) atoms. The molecule has 138 valence electrons. The van der Waals surface area contributed by atoms with Crippen LogP contribution < -0.4 is 20.9 Å². The summed E-state index contributed by atoms with van der Waals surface area (Å²) < 4.78 is 11.9. The number of pyridine rings is 2. The number of hydrogen-bond acceptors (Lipinski definition) is 6. The molecule has 0 saturated heterocycles. The highest BCUT2D eigenvalue weighted by Gasteiger charge is 2.11. The van der Waals surface area contributed by atoms with E-state index in [2.05, 4.69) is 9.97 Å². The number of aromatic nitrogens is 2. The van der Waals surface area contributed by atoms with Crippen molar-refractivity contribution in [3.05, 3.63) is 85.2 Å². The van der Waals surface area contributed by atoms with Gasteiger partial charge in [0.25, 0.3) is 0 Å². The molecule has 6 nitrogen and oxygen atoms in total. The third kappa shape index (κ3) is 4.02. The van der Waals surface area contributed by atoms with Gasteiger partial charge >= 0.3 is 0 Å². The van der Waals surface area contributed by atoms with E-state index < -0.39 is 0 Å². The summed E-state index contributed by atoms with van der Waals surface area (Å²) in [6, 6.07) is 22.5. The molecule has 0 spiro atoms. The van der Waals surface area contributed by atoms with Gasteiger partial charge in [-0.1, -0.05) is 30.3 Å². The van der Waals surface area contributed by atoms with E-state index in [-0.39, 0.29) is 0 Å². The van der Waals surface area contributed by atoms with Crippen LogP contribution in [0.3, 0.4) is 0 Å². The lowest BCUT2D eigenvalue weighted by molar-refractivity contribution is 0.443. The van der Waals surface area contributed by atoms with Gasteiger partial charge in [-0.25, -0.2) is 9.97 Å². The van der Waals surface area contributed by atoms with Gasteiger partial charge < -0.3 is 20.9 Å². The SMILES string of the molecule is Nc1ccc(Oc2ccc(-c3ccccc3)c(Oc3ccc(N)cn3)c2)nc1. The molecule has 2 aromatic heterocycles. The van der Waals surface area contributed by atoms with E-state index >= 15 is 0 Å². The number of nitrogens with zero attached hydrogens (tertiary/aromatic N) is 2. The van der Waals surface area contributed by atoms with Crippen molar-refractivity contribution in [2.24, 2.45) is 0 Å². The molecule has 0 fully saturated rings. The molecule has 0 radical (unpaired) electrons. The maximum absolute atomic E-state index is 6.03. The van der Waals surface area contributed by atoms with Crippen molar-refractivity contribution in [2.75, 3.05) is 11.5 Å². The number of anilines is 2. The van der Waals surface area contributed by atoms with Crippen LogP contribution in [0.2, 0.25) is 0 Å². The highest BCUT2D eigenvalue weighted by molar-refractivity contribution is 5.72. The predicted octanol–water partition coefficient (Wildman–Crippen LogP) is 4.89. The van der Waals surface area contributed by atoms with E-state index in [1.807, 2.05) is 42.5 Å². The lowest BCUT2D eigenvalue weighted by Gasteiger charge is -2.13. The molecule has 0 aliphatic rings. The summed E-state index contributed by atoms with van der Waals surface area (Å²) in [5, 5.41) is 0. The normalized spacial score (nSPS) is 10.4. The van der Waals surface area contributed by atoms with Crippen molar-refractivity contribution in [3.63, 3.8) is 0 Å². The third-order valence-electron chi connectivity index (χ3n) is 3.99. The molecule has 0 saturated carbocycles. The number of hydrogen-bond donors (Lipinski definition) is 2. The molecule has 0 amide bonds. The summed E-state index contributed by atoms with van der Waals surface area (Å²) in [5.41, 5.74) is 14.5. The molecule has 2 heterocycles. The summed E-state index contributed by atoms with van der Waals surface area (Å²) in [6.07, 6.45) is 3.10. The van der Waals surface area contributed by atoms with E-state index in [9.17, 15) is 0 Å². The van der Waals surface area contributed by atoms with Crippen LogP contribution >= 0.6 is 0 Å². The minimum atomic E-state index is 0.439. The van der Waals surface area contributed by atoms with E-state index in [0.717, 1.165) is 11.1 Å². The Morgan fingerprint density at radius 2 is 1.29 bits per heavy atom. The average molecular weight is 370 g/mol. The van der Waals surface area contributed by atoms with Crippen molar-refractivity contribution in [3.8, 4) is 34.4 Å². The van der Waals surface area contributed by atoms with Crippen molar-refractivity contribution in [1.29, 1.82) is 0 Å². The van der Waals surface area contributed by atoms with Crippen molar-refractivity contribution in [2.45, 2.75) is 0 Å². The molecule has 0 atom stereocenters. The molecule has 0 aliphatic carbocycles. The first-order chi connectivity index (χ1) is 13.7. The predicted molar refractivity (Wildman–Crippen MR) is 109 cm³/mol. The lowest BCUT2D eigenvalue weighted by Crippen LogP contribution is -1.94. The van der Waals surface area contributed by atoms with Crippen LogP contribution in [0.15, 0.2) is 85.2 Å². The van der Waals surface area contributed by atoms with Gasteiger partial charge in [0, 0.05) is 23.8 Å². The van der Waals surface area contributed by atoms with Crippen LogP contribution in [0.4, 0.5) is 11.4 Å². The highest BCUT2D eigenvalue weighted by atomic mass is 16.5. The fourth-order valence-electron chi connectivity index (χ4n) is 2.64. The monoisotopic (exact) mass is 370 g/mol. The number of rotatable bonds is 5. The van der Waals surface area contributed by atoms with Gasteiger partial charge in [0.15, 0.2) is 0 Å². The Bertz CT molecular complexity index is 1070. The van der Waals surface area contributed by atoms with Gasteiger partial charge in [-0.2, -0.15) is 0 Å². The first-order valence-corrected chi connectivity index (χ1v) is 8.65. The molecule has 6 heteroatoms. The summed E-state index contributed by atoms with van der Waals surface area (Å²) in [7, 11) is 0. The Morgan fingerprint density at radius 1 is 0.643 bits per heavy atom. The molecular weight excluding hydrogens is 352 g/mol. The second-order valence-electron chi connectivity index (χ2n) is 6.09. The standard InChI is InChI=1S/C22H18N4O2/c23-16-6-10-21(25-13-16)27-18-8-9-19(15-4-2-1-3-5-15)20(12-18)28-22-11-7-17(24)14-26-22/h1-14H,23-24H2. The summed E-state index contributed by atoms with van der Waals surface area (Å²) in [5.74, 6) is 2.08. The van der Waals surface area contributed by atoms with Crippen molar-refractivity contribution in [1.82, 2.24) is 9.97 Å². The highest BCUT2D eigenvalue weighted by Crippen LogP contribution is 2.37. The van der Waals surface area contributed by atoms with Gasteiger partial charge in [0.1, 0.15) is 11.5 Å². The number of nitrogens with two attached hydrogens (primary N) is 2. The molecule has 4 rings (SSSR count). The molecule has 2 aromatic carbocycles. The molecule has 4 N–H and O–H groups in total. The van der Waals surface area contributed by atoms with Crippen LogP contribution in [0.1, 0.15) is 0 Å². The van der Waals surface area contributed by atoms with E-state index in [1.54, 1.807) is 42.7 Å². The third-order valence-corrected chi connectivity index (χ3v) is 3.99. The fraction of sp³-hybridized carbons (Fsp3) is 0. The number of benzene rings is 2. The zero-order valence-electron chi connectivity index (χ0n) is 14.9. The molecule has 0 aliphatic heterocycles. The molecule has 4 aromatic rings. The van der Waals surface area contributed by atoms with Crippen LogP contribution in [0, 0.1) is 0 Å². The maximum Gasteiger partial charge on any atom is 0.219 e. The smallest absolute Gasteiger partial charge is 0.219 e. The quantitative estimate of drug-likeness (QED) is 0.519.